The number of halogens is 1. The van der Waals surface area contributed by atoms with Crippen LogP contribution in [-0.2, 0) is 0 Å². The molecule has 114 valence electrons. The first kappa shape index (κ1) is 15.5. The molecule has 3 aromatic carbocycles. The van der Waals surface area contributed by atoms with Gasteiger partial charge in [-0.2, -0.15) is 5.10 Å². The summed E-state index contributed by atoms with van der Waals surface area (Å²) in [7, 11) is 0. The van der Waals surface area contributed by atoms with Crippen molar-refractivity contribution in [1.82, 2.24) is 5.43 Å². The number of aromatic hydroxyl groups is 1. The van der Waals surface area contributed by atoms with Crippen LogP contribution in [0.5, 0.6) is 5.75 Å². The molecule has 23 heavy (non-hydrogen) atoms. The van der Waals surface area contributed by atoms with Crippen molar-refractivity contribution in [2.75, 3.05) is 0 Å². The molecule has 0 bridgehead atoms. The normalized spacial score (nSPS) is 11.0. The number of phenols is 1. The number of carbonyl (C=O) groups excluding carboxylic acids is 1. The predicted molar refractivity (Wildman–Crippen MR) is 99.8 cm³/mol. The molecule has 0 aromatic heterocycles. The van der Waals surface area contributed by atoms with E-state index < -0.39 is 5.91 Å². The summed E-state index contributed by atoms with van der Waals surface area (Å²) in [5.74, 6) is -0.513. The molecule has 0 heterocycles. The lowest BCUT2D eigenvalue weighted by Crippen LogP contribution is -2.17. The van der Waals surface area contributed by atoms with Gasteiger partial charge >= 0.3 is 0 Å². The number of amides is 1. The molecule has 0 fully saturated rings. The maximum atomic E-state index is 12.2. The Morgan fingerprint density at radius 1 is 1.04 bits per heavy atom. The first-order valence-corrected chi connectivity index (χ1v) is 8.03. The maximum Gasteiger partial charge on any atom is 0.275 e. The van der Waals surface area contributed by atoms with Gasteiger partial charge in [0.25, 0.3) is 5.91 Å². The van der Waals surface area contributed by atoms with Gasteiger partial charge in [0, 0.05) is 9.13 Å². The van der Waals surface area contributed by atoms with Gasteiger partial charge in [-0.25, -0.2) is 5.43 Å². The largest absolute Gasteiger partial charge is 0.507 e. The third kappa shape index (κ3) is 3.50. The van der Waals surface area contributed by atoms with Crippen LogP contribution in [0.1, 0.15) is 15.9 Å². The molecule has 0 radical (unpaired) electrons. The second-order valence-corrected chi connectivity index (χ2v) is 6.10. The first-order valence-electron chi connectivity index (χ1n) is 6.95. The molecule has 0 aliphatic rings. The summed E-state index contributed by atoms with van der Waals surface area (Å²) in [5.41, 5.74) is 3.56. The molecule has 0 aliphatic heterocycles. The summed E-state index contributed by atoms with van der Waals surface area (Å²) in [6.07, 6.45) is 1.58. The summed E-state index contributed by atoms with van der Waals surface area (Å²) in [5, 5.41) is 15.7. The van der Waals surface area contributed by atoms with E-state index >= 15 is 0 Å². The van der Waals surface area contributed by atoms with Gasteiger partial charge in [0.2, 0.25) is 0 Å². The molecule has 1 amide bonds. The van der Waals surface area contributed by atoms with Crippen LogP contribution in [0.3, 0.4) is 0 Å². The SMILES string of the molecule is O=C(N/N=C/c1ccccc1I)c1cc2ccccc2cc1O. The molecular formula is C18H13IN2O2. The van der Waals surface area contributed by atoms with Gasteiger partial charge in [0.1, 0.15) is 5.75 Å². The summed E-state index contributed by atoms with van der Waals surface area (Å²) < 4.78 is 1.04. The maximum absolute atomic E-state index is 12.2. The van der Waals surface area contributed by atoms with Crippen molar-refractivity contribution in [2.45, 2.75) is 0 Å². The molecule has 0 aliphatic carbocycles. The molecule has 3 aromatic rings. The van der Waals surface area contributed by atoms with Crippen LogP contribution in [0.15, 0.2) is 65.8 Å². The zero-order chi connectivity index (χ0) is 16.2. The zero-order valence-corrected chi connectivity index (χ0v) is 14.2. The Kier molecular flexibility index (Phi) is 4.57. The highest BCUT2D eigenvalue weighted by Gasteiger charge is 2.11. The minimum absolute atomic E-state index is 0.0642. The van der Waals surface area contributed by atoms with Crippen molar-refractivity contribution in [3.05, 3.63) is 75.4 Å². The van der Waals surface area contributed by atoms with Gasteiger partial charge in [0.15, 0.2) is 0 Å². The molecule has 0 atom stereocenters. The summed E-state index contributed by atoms with van der Waals surface area (Å²) >= 11 is 2.20. The second kappa shape index (κ2) is 6.78. The lowest BCUT2D eigenvalue weighted by Gasteiger charge is -2.05. The van der Waals surface area contributed by atoms with Crippen LogP contribution in [0.2, 0.25) is 0 Å². The smallest absolute Gasteiger partial charge is 0.275 e. The van der Waals surface area contributed by atoms with Crippen molar-refractivity contribution in [1.29, 1.82) is 0 Å². The van der Waals surface area contributed by atoms with Crippen LogP contribution < -0.4 is 5.43 Å². The van der Waals surface area contributed by atoms with Gasteiger partial charge in [-0.15, -0.1) is 0 Å². The van der Waals surface area contributed by atoms with E-state index in [1.807, 2.05) is 48.5 Å². The Morgan fingerprint density at radius 3 is 2.43 bits per heavy atom. The fourth-order valence-corrected chi connectivity index (χ4v) is 2.74. The number of phenolic OH excluding ortho intramolecular Hbond substituents is 1. The highest BCUT2D eigenvalue weighted by molar-refractivity contribution is 14.1. The molecule has 5 heteroatoms. The third-order valence-corrected chi connectivity index (χ3v) is 4.37. The number of hydrogen-bond acceptors (Lipinski definition) is 3. The zero-order valence-electron chi connectivity index (χ0n) is 12.0. The Bertz CT molecular complexity index is 906. The van der Waals surface area contributed by atoms with Gasteiger partial charge in [-0.3, -0.25) is 4.79 Å². The highest BCUT2D eigenvalue weighted by Crippen LogP contribution is 2.24. The Labute approximate surface area is 147 Å². The van der Waals surface area contributed by atoms with Gasteiger partial charge < -0.3 is 5.11 Å². The summed E-state index contributed by atoms with van der Waals surface area (Å²) in [6.45, 7) is 0. The van der Waals surface area contributed by atoms with Crippen molar-refractivity contribution in [3.8, 4) is 5.75 Å². The van der Waals surface area contributed by atoms with E-state index in [0.29, 0.717) is 0 Å². The van der Waals surface area contributed by atoms with E-state index in [2.05, 4.69) is 33.1 Å². The first-order chi connectivity index (χ1) is 11.1. The lowest BCUT2D eigenvalue weighted by molar-refractivity contribution is 0.0952. The Balaban J connectivity index is 1.81. The van der Waals surface area contributed by atoms with E-state index in [0.717, 1.165) is 19.9 Å². The Hall–Kier alpha value is -2.41. The van der Waals surface area contributed by atoms with Crippen LogP contribution in [-0.4, -0.2) is 17.2 Å². The van der Waals surface area contributed by atoms with Crippen molar-refractivity contribution < 1.29 is 9.90 Å². The minimum Gasteiger partial charge on any atom is -0.507 e. The summed E-state index contributed by atoms with van der Waals surface area (Å²) in [6, 6.07) is 18.5. The van der Waals surface area contributed by atoms with E-state index in [1.54, 1.807) is 18.3 Å². The fraction of sp³-hybridized carbons (Fsp3) is 0. The number of nitrogens with zero attached hydrogens (tertiary/aromatic N) is 1. The quantitative estimate of drug-likeness (QED) is 0.387. The molecule has 0 saturated carbocycles. The predicted octanol–water partition coefficient (Wildman–Crippen LogP) is 3.91. The van der Waals surface area contributed by atoms with Crippen LogP contribution in [0, 0.1) is 3.57 Å². The number of benzene rings is 3. The van der Waals surface area contributed by atoms with E-state index in [4.69, 9.17) is 0 Å². The third-order valence-electron chi connectivity index (χ3n) is 3.38. The van der Waals surface area contributed by atoms with Gasteiger partial charge in [-0.1, -0.05) is 42.5 Å². The number of hydrazone groups is 1. The molecular weight excluding hydrogens is 403 g/mol. The number of carbonyl (C=O) groups is 1. The van der Waals surface area contributed by atoms with Crippen LogP contribution in [0.25, 0.3) is 10.8 Å². The number of nitrogens with one attached hydrogen (secondary N) is 1. The number of fused-ring (bicyclic) bond motifs is 1. The van der Waals surface area contributed by atoms with E-state index in [1.165, 1.54) is 0 Å². The molecule has 2 N–H and O–H groups in total. The highest BCUT2D eigenvalue weighted by atomic mass is 127. The molecule has 0 spiro atoms. The van der Waals surface area contributed by atoms with Crippen molar-refractivity contribution in [2.24, 2.45) is 5.10 Å². The van der Waals surface area contributed by atoms with Gasteiger partial charge in [0.05, 0.1) is 11.8 Å². The van der Waals surface area contributed by atoms with Crippen molar-refractivity contribution >= 4 is 45.5 Å². The fourth-order valence-electron chi connectivity index (χ4n) is 2.21. The Morgan fingerprint density at radius 2 is 1.70 bits per heavy atom. The molecule has 4 nitrogen and oxygen atoms in total. The standard InChI is InChI=1S/C18H13IN2O2/c19-16-8-4-3-7-14(16)11-20-21-18(23)15-9-12-5-1-2-6-13(12)10-17(15)22/h1-11,22H,(H,21,23)/b20-11+. The second-order valence-electron chi connectivity index (χ2n) is 4.94. The number of rotatable bonds is 3. The minimum atomic E-state index is -0.449. The van der Waals surface area contributed by atoms with Crippen LogP contribution >= 0.6 is 22.6 Å². The van der Waals surface area contributed by atoms with Gasteiger partial charge in [-0.05, 0) is 51.6 Å². The average molecular weight is 416 g/mol. The number of hydrogen-bond donors (Lipinski definition) is 2. The van der Waals surface area contributed by atoms with E-state index in [-0.39, 0.29) is 11.3 Å². The molecule has 3 rings (SSSR count). The molecule has 0 unspecified atom stereocenters. The molecule has 0 saturated heterocycles. The summed E-state index contributed by atoms with van der Waals surface area (Å²) in [4.78, 5) is 12.2. The average Bonchev–Trinajstić information content (AvgIpc) is 2.56. The van der Waals surface area contributed by atoms with Crippen molar-refractivity contribution in [3.63, 3.8) is 0 Å². The lowest BCUT2D eigenvalue weighted by atomic mass is 10.1. The van der Waals surface area contributed by atoms with E-state index in [9.17, 15) is 9.90 Å². The monoisotopic (exact) mass is 416 g/mol. The van der Waals surface area contributed by atoms with Crippen LogP contribution in [0.4, 0.5) is 0 Å². The topological polar surface area (TPSA) is 61.7 Å².